The molecule has 4 heteroatoms. The van der Waals surface area contributed by atoms with Gasteiger partial charge in [-0.3, -0.25) is 0 Å². The van der Waals surface area contributed by atoms with Gasteiger partial charge in [0.1, 0.15) is 16.7 Å². The van der Waals surface area contributed by atoms with Gasteiger partial charge in [-0.2, -0.15) is 4.40 Å². The Morgan fingerprint density at radius 3 is 2.04 bits per heavy atom. The van der Waals surface area contributed by atoms with Crippen LogP contribution in [0, 0.1) is 6.92 Å². The highest BCUT2D eigenvalue weighted by atomic mass is 28.3. The topological polar surface area (TPSA) is 21.4 Å². The molecule has 0 spiro atoms. The summed E-state index contributed by atoms with van der Waals surface area (Å²) in [4.78, 5) is 0. The molecule has 5 aromatic carbocycles. The predicted molar refractivity (Wildman–Crippen MR) is 200 cm³/mol. The van der Waals surface area contributed by atoms with E-state index in [2.05, 4.69) is 155 Å². The minimum atomic E-state index is -1.51. The van der Waals surface area contributed by atoms with Crippen molar-refractivity contribution in [2.75, 3.05) is 0 Å². The molecule has 0 amide bonds. The van der Waals surface area contributed by atoms with Gasteiger partial charge in [0.25, 0.3) is 5.65 Å². The summed E-state index contributed by atoms with van der Waals surface area (Å²) in [6.45, 7) is 19.0. The molecule has 3 heterocycles. The Kier molecular flexibility index (Phi) is 6.33. The van der Waals surface area contributed by atoms with E-state index in [0.29, 0.717) is 11.8 Å². The number of aryl methyl sites for hydroxylation is 2. The van der Waals surface area contributed by atoms with Crippen LogP contribution in [0.25, 0.3) is 71.4 Å². The van der Waals surface area contributed by atoms with E-state index in [1.807, 2.05) is 0 Å². The third-order valence-corrected chi connectivity index (χ3v) is 12.2. The number of furan rings is 1. The van der Waals surface area contributed by atoms with E-state index in [1.54, 1.807) is 5.19 Å². The van der Waals surface area contributed by atoms with Gasteiger partial charge >= 0.3 is 0 Å². The van der Waals surface area contributed by atoms with Crippen LogP contribution in [-0.4, -0.2) is 12.5 Å². The number of aromatic nitrogens is 2. The minimum Gasteiger partial charge on any atom is -0.456 e. The van der Waals surface area contributed by atoms with Crippen LogP contribution in [0.15, 0.2) is 89.3 Å². The summed E-state index contributed by atoms with van der Waals surface area (Å²) in [5, 5.41) is 7.72. The van der Waals surface area contributed by atoms with Gasteiger partial charge in [-0.25, -0.2) is 4.57 Å². The molecular formula is C42H43N2OSi+. The van der Waals surface area contributed by atoms with Crippen LogP contribution >= 0.6 is 0 Å². The van der Waals surface area contributed by atoms with E-state index in [9.17, 15) is 0 Å². The summed E-state index contributed by atoms with van der Waals surface area (Å²) in [5.74, 6) is 0.835. The van der Waals surface area contributed by atoms with Gasteiger partial charge in [0.2, 0.25) is 0 Å². The van der Waals surface area contributed by atoms with Crippen molar-refractivity contribution in [1.29, 1.82) is 0 Å². The Labute approximate surface area is 272 Å². The maximum atomic E-state index is 6.50. The van der Waals surface area contributed by atoms with Crippen molar-refractivity contribution in [2.24, 2.45) is 7.05 Å². The highest BCUT2D eigenvalue weighted by molar-refractivity contribution is 6.88. The number of hydrogen-bond acceptors (Lipinski definition) is 1. The highest BCUT2D eigenvalue weighted by Crippen LogP contribution is 2.44. The number of rotatable bonds is 4. The van der Waals surface area contributed by atoms with Crippen molar-refractivity contribution < 1.29 is 8.98 Å². The number of para-hydroxylation sites is 3. The van der Waals surface area contributed by atoms with Crippen LogP contribution in [0.5, 0.6) is 0 Å². The molecule has 0 saturated carbocycles. The Bertz CT molecular complexity index is 2510. The summed E-state index contributed by atoms with van der Waals surface area (Å²) in [6.07, 6.45) is 0. The number of hydrogen-bond donors (Lipinski definition) is 0. The van der Waals surface area contributed by atoms with Gasteiger partial charge in [-0.1, -0.05) is 101 Å². The first-order valence-electron chi connectivity index (χ1n) is 16.7. The lowest BCUT2D eigenvalue weighted by Crippen LogP contribution is -2.38. The number of nitrogens with zero attached hydrogens (tertiary/aromatic N) is 2. The summed E-state index contributed by atoms with van der Waals surface area (Å²) in [6, 6.07) is 31.9. The van der Waals surface area contributed by atoms with Crippen molar-refractivity contribution in [3.8, 4) is 11.1 Å². The Hall–Kier alpha value is -4.41. The van der Waals surface area contributed by atoms with E-state index in [4.69, 9.17) is 4.42 Å². The molecular weight excluding hydrogens is 577 g/mol. The second-order valence-electron chi connectivity index (χ2n) is 14.9. The van der Waals surface area contributed by atoms with Crippen molar-refractivity contribution in [2.45, 2.75) is 66.1 Å². The molecule has 0 aliphatic heterocycles. The molecule has 0 aliphatic rings. The first-order valence-corrected chi connectivity index (χ1v) is 20.2. The van der Waals surface area contributed by atoms with Crippen LogP contribution in [0.3, 0.4) is 0 Å². The van der Waals surface area contributed by atoms with Crippen molar-refractivity contribution in [3.63, 3.8) is 0 Å². The molecule has 8 aromatic rings. The average molecular weight is 620 g/mol. The highest BCUT2D eigenvalue weighted by Gasteiger charge is 2.29. The van der Waals surface area contributed by atoms with E-state index in [1.165, 1.54) is 76.9 Å². The third kappa shape index (κ3) is 4.05. The number of imidazole rings is 1. The normalized spacial score (nSPS) is 12.8. The average Bonchev–Trinajstić information content (AvgIpc) is 3.54. The lowest BCUT2D eigenvalue weighted by atomic mass is 9.84. The van der Waals surface area contributed by atoms with Crippen LogP contribution in [0.2, 0.25) is 19.6 Å². The maximum absolute atomic E-state index is 6.50. The zero-order valence-corrected chi connectivity index (χ0v) is 29.5. The molecule has 8 rings (SSSR count). The van der Waals surface area contributed by atoms with Gasteiger partial charge < -0.3 is 4.42 Å². The zero-order valence-electron chi connectivity index (χ0n) is 28.5. The molecule has 0 saturated heterocycles. The molecule has 0 radical (unpaired) electrons. The Morgan fingerprint density at radius 1 is 0.674 bits per heavy atom. The molecule has 0 fully saturated rings. The smallest absolute Gasteiger partial charge is 0.295 e. The summed E-state index contributed by atoms with van der Waals surface area (Å²) in [5.41, 5.74) is 13.6. The van der Waals surface area contributed by atoms with Crippen LogP contribution in [-0.2, 0) is 7.05 Å². The van der Waals surface area contributed by atoms with Crippen LogP contribution < -0.4 is 9.75 Å². The molecule has 3 aromatic heterocycles. The molecule has 46 heavy (non-hydrogen) atoms. The van der Waals surface area contributed by atoms with E-state index in [0.717, 1.165) is 11.2 Å². The van der Waals surface area contributed by atoms with Gasteiger partial charge in [0.15, 0.2) is 11.0 Å². The molecule has 0 unspecified atom stereocenters. The number of fused-ring (bicyclic) bond motifs is 12. The van der Waals surface area contributed by atoms with Crippen LogP contribution in [0.1, 0.15) is 56.2 Å². The SMILES string of the molecule is Cc1cc2oc3ccccc3c2c2c3ccc(-c4c(C(C)C)cc([Si](C)(C)C)cc4C(C)C)cc3n3c4ccccc4[n+](C)c3c12. The lowest BCUT2D eigenvalue weighted by molar-refractivity contribution is -0.617. The second-order valence-corrected chi connectivity index (χ2v) is 20.0. The van der Waals surface area contributed by atoms with Crippen molar-refractivity contribution in [1.82, 2.24) is 4.40 Å². The van der Waals surface area contributed by atoms with Gasteiger partial charge in [-0.05, 0) is 83.0 Å². The largest absolute Gasteiger partial charge is 0.456 e. The Balaban J connectivity index is 1.61. The standard InChI is InChI=1S/C42H43N2OSi/c1-24(2)31-22-28(46(7,8)9)23-32(25(3)4)39(31)27-18-19-29-35(21-27)44-34-16-12-11-15-33(34)43(6)42(44)38-26(5)20-37-40(41(29)38)30-14-10-13-17-36(30)45-37/h10-25H,1-9H3/q+1. The molecule has 0 bridgehead atoms. The summed E-state index contributed by atoms with van der Waals surface area (Å²) >= 11 is 0. The monoisotopic (exact) mass is 619 g/mol. The fourth-order valence-electron chi connectivity index (χ4n) is 7.86. The molecule has 0 N–H and O–H groups in total. The number of pyridine rings is 1. The predicted octanol–water partition coefficient (Wildman–Crippen LogP) is 10.9. The number of benzene rings is 5. The Morgan fingerprint density at radius 2 is 1.35 bits per heavy atom. The summed E-state index contributed by atoms with van der Waals surface area (Å²) in [7, 11) is 0.702. The van der Waals surface area contributed by atoms with Gasteiger partial charge in [-0.15, -0.1) is 0 Å². The van der Waals surface area contributed by atoms with E-state index in [-0.39, 0.29) is 0 Å². The van der Waals surface area contributed by atoms with Crippen LogP contribution in [0.4, 0.5) is 0 Å². The fourth-order valence-corrected chi connectivity index (χ4v) is 9.04. The minimum absolute atomic E-state index is 0.417. The van der Waals surface area contributed by atoms with Crippen molar-refractivity contribution in [3.05, 3.63) is 102 Å². The molecule has 230 valence electrons. The third-order valence-electron chi connectivity index (χ3n) is 10.2. The maximum Gasteiger partial charge on any atom is 0.295 e. The zero-order chi connectivity index (χ0) is 32.2. The summed E-state index contributed by atoms with van der Waals surface area (Å²) < 4.78 is 11.4. The lowest BCUT2D eigenvalue weighted by Gasteiger charge is -2.26. The second kappa shape index (κ2) is 10.0. The molecule has 0 aliphatic carbocycles. The van der Waals surface area contributed by atoms with E-state index >= 15 is 0 Å². The first-order chi connectivity index (χ1) is 22.0. The molecule has 3 nitrogen and oxygen atoms in total. The van der Waals surface area contributed by atoms with Crippen molar-refractivity contribution >= 4 is 73.6 Å². The first kappa shape index (κ1) is 29.0. The van der Waals surface area contributed by atoms with E-state index < -0.39 is 8.07 Å². The quantitative estimate of drug-likeness (QED) is 0.109. The molecule has 0 atom stereocenters. The van der Waals surface area contributed by atoms with Gasteiger partial charge in [0, 0.05) is 21.5 Å². The van der Waals surface area contributed by atoms with Gasteiger partial charge in [0.05, 0.1) is 20.5 Å². The fraction of sp³-hybridized carbons (Fsp3) is 0.262.